The van der Waals surface area contributed by atoms with Gasteiger partial charge in [0.2, 0.25) is 0 Å². The monoisotopic (exact) mass is 342 g/mol. The van der Waals surface area contributed by atoms with E-state index in [1.165, 1.54) is 5.69 Å². The van der Waals surface area contributed by atoms with E-state index in [-0.39, 0.29) is 12.1 Å². The number of nitrogens with zero attached hydrogens (tertiary/aromatic N) is 4. The number of para-hydroxylation sites is 1. The molecule has 2 aromatic rings. The lowest BCUT2D eigenvalue weighted by atomic mass is 10.2. The summed E-state index contributed by atoms with van der Waals surface area (Å²) in [7, 11) is 1.82. The average molecular weight is 342 g/mol. The zero-order valence-corrected chi connectivity index (χ0v) is 14.9. The molecular weight excluding hydrogens is 316 g/mol. The van der Waals surface area contributed by atoms with E-state index in [4.69, 9.17) is 0 Å². The standard InChI is InChI=1S/C18H26N6O/c1-15(20-18(25)21-16-12-19-22(2)14-16)13-23-8-10-24(11-9-23)17-6-4-3-5-7-17/h3-7,12,14-15H,8-11,13H2,1-2H3,(H2,20,21,25)/t15-/m0/s1. The molecule has 1 saturated heterocycles. The van der Waals surface area contributed by atoms with Crippen LogP contribution in [0.2, 0.25) is 0 Å². The Morgan fingerprint density at radius 2 is 1.92 bits per heavy atom. The predicted octanol–water partition coefficient (Wildman–Crippen LogP) is 1.75. The Kier molecular flexibility index (Phi) is 5.55. The number of carbonyl (C=O) groups is 1. The predicted molar refractivity (Wildman–Crippen MR) is 99.9 cm³/mol. The van der Waals surface area contributed by atoms with Crippen molar-refractivity contribution < 1.29 is 4.79 Å². The number of hydrogen-bond acceptors (Lipinski definition) is 4. The van der Waals surface area contributed by atoms with Crippen LogP contribution in [0.1, 0.15) is 6.92 Å². The first-order valence-corrected chi connectivity index (χ1v) is 8.68. The first-order chi connectivity index (χ1) is 12.1. The van der Waals surface area contributed by atoms with Crippen LogP contribution >= 0.6 is 0 Å². The Balaban J connectivity index is 1.40. The molecule has 7 heteroatoms. The third kappa shape index (κ3) is 4.96. The molecule has 0 saturated carbocycles. The number of nitrogens with one attached hydrogen (secondary N) is 2. The minimum absolute atomic E-state index is 0.0833. The third-order valence-electron chi connectivity index (χ3n) is 4.37. The molecule has 2 N–H and O–H groups in total. The largest absolute Gasteiger partial charge is 0.369 e. The molecule has 1 aliphatic rings. The molecule has 1 aromatic carbocycles. The Hall–Kier alpha value is -2.54. The van der Waals surface area contributed by atoms with Gasteiger partial charge in [0.15, 0.2) is 0 Å². The van der Waals surface area contributed by atoms with E-state index in [1.807, 2.05) is 20.0 Å². The van der Waals surface area contributed by atoms with E-state index in [0.29, 0.717) is 5.69 Å². The maximum Gasteiger partial charge on any atom is 0.319 e. The Bertz CT molecular complexity index is 678. The van der Waals surface area contributed by atoms with Gasteiger partial charge in [0.25, 0.3) is 0 Å². The highest BCUT2D eigenvalue weighted by Gasteiger charge is 2.19. The van der Waals surface area contributed by atoms with Crippen molar-refractivity contribution in [3.63, 3.8) is 0 Å². The SMILES string of the molecule is C[C@@H](CN1CCN(c2ccccc2)CC1)NC(=O)Nc1cnn(C)c1. The van der Waals surface area contributed by atoms with E-state index in [1.54, 1.807) is 17.1 Å². The van der Waals surface area contributed by atoms with Gasteiger partial charge in [-0.1, -0.05) is 18.2 Å². The van der Waals surface area contributed by atoms with Crippen LogP contribution in [-0.2, 0) is 7.05 Å². The van der Waals surface area contributed by atoms with Crippen molar-refractivity contribution in [2.24, 2.45) is 7.05 Å². The van der Waals surface area contributed by atoms with Crippen molar-refractivity contribution in [1.29, 1.82) is 0 Å². The molecule has 0 radical (unpaired) electrons. The lowest BCUT2D eigenvalue weighted by Crippen LogP contribution is -2.51. The molecule has 7 nitrogen and oxygen atoms in total. The Morgan fingerprint density at radius 3 is 2.56 bits per heavy atom. The molecular formula is C18H26N6O. The normalized spacial score (nSPS) is 16.5. The second-order valence-corrected chi connectivity index (χ2v) is 6.53. The summed E-state index contributed by atoms with van der Waals surface area (Å²) in [6, 6.07) is 10.4. The van der Waals surface area contributed by atoms with Gasteiger partial charge in [-0.05, 0) is 19.1 Å². The number of rotatable bonds is 5. The van der Waals surface area contributed by atoms with Gasteiger partial charge in [-0.15, -0.1) is 0 Å². The number of urea groups is 1. The van der Waals surface area contributed by atoms with Gasteiger partial charge in [-0.3, -0.25) is 9.58 Å². The molecule has 134 valence electrons. The maximum atomic E-state index is 12.0. The molecule has 0 spiro atoms. The zero-order chi connectivity index (χ0) is 17.6. The van der Waals surface area contributed by atoms with E-state index in [0.717, 1.165) is 32.7 Å². The van der Waals surface area contributed by atoms with Gasteiger partial charge in [-0.2, -0.15) is 5.10 Å². The molecule has 2 amide bonds. The van der Waals surface area contributed by atoms with Crippen LogP contribution in [0.5, 0.6) is 0 Å². The van der Waals surface area contributed by atoms with Gasteiger partial charge in [0.1, 0.15) is 0 Å². The fourth-order valence-corrected chi connectivity index (χ4v) is 3.14. The lowest BCUT2D eigenvalue weighted by Gasteiger charge is -2.37. The van der Waals surface area contributed by atoms with Crippen molar-refractivity contribution in [3.05, 3.63) is 42.7 Å². The molecule has 1 atom stereocenters. The van der Waals surface area contributed by atoms with E-state index < -0.39 is 0 Å². The summed E-state index contributed by atoms with van der Waals surface area (Å²) >= 11 is 0. The summed E-state index contributed by atoms with van der Waals surface area (Å²) in [4.78, 5) is 16.8. The number of amides is 2. The van der Waals surface area contributed by atoms with E-state index in [2.05, 4.69) is 49.8 Å². The summed E-state index contributed by atoms with van der Waals surface area (Å²) in [5, 5.41) is 9.82. The van der Waals surface area contributed by atoms with Crippen LogP contribution < -0.4 is 15.5 Å². The van der Waals surface area contributed by atoms with Crippen molar-refractivity contribution in [2.45, 2.75) is 13.0 Å². The van der Waals surface area contributed by atoms with Gasteiger partial charge in [0, 0.05) is 57.7 Å². The second-order valence-electron chi connectivity index (χ2n) is 6.53. The highest BCUT2D eigenvalue weighted by molar-refractivity contribution is 5.89. The summed E-state index contributed by atoms with van der Waals surface area (Å²) in [5.41, 5.74) is 1.98. The number of aryl methyl sites for hydroxylation is 1. The van der Waals surface area contributed by atoms with Crippen LogP contribution in [0.3, 0.4) is 0 Å². The first-order valence-electron chi connectivity index (χ1n) is 8.68. The smallest absolute Gasteiger partial charge is 0.319 e. The van der Waals surface area contributed by atoms with Gasteiger partial charge >= 0.3 is 6.03 Å². The number of carbonyl (C=O) groups excluding carboxylic acids is 1. The minimum Gasteiger partial charge on any atom is -0.369 e. The molecule has 0 unspecified atom stereocenters. The van der Waals surface area contributed by atoms with Crippen LogP contribution in [0.15, 0.2) is 42.7 Å². The van der Waals surface area contributed by atoms with E-state index in [9.17, 15) is 4.79 Å². The highest BCUT2D eigenvalue weighted by Crippen LogP contribution is 2.15. The summed E-state index contributed by atoms with van der Waals surface area (Å²) in [5.74, 6) is 0. The Morgan fingerprint density at radius 1 is 1.20 bits per heavy atom. The summed E-state index contributed by atoms with van der Waals surface area (Å²) in [6.07, 6.45) is 3.40. The fraction of sp³-hybridized carbons (Fsp3) is 0.444. The Labute approximate surface area is 148 Å². The van der Waals surface area contributed by atoms with Crippen molar-refractivity contribution in [2.75, 3.05) is 42.9 Å². The van der Waals surface area contributed by atoms with Crippen LogP contribution in [0.4, 0.5) is 16.2 Å². The van der Waals surface area contributed by atoms with Crippen LogP contribution in [0, 0.1) is 0 Å². The number of piperazine rings is 1. The lowest BCUT2D eigenvalue weighted by molar-refractivity contribution is 0.224. The first kappa shape index (κ1) is 17.3. The molecule has 0 bridgehead atoms. The molecule has 2 heterocycles. The summed E-state index contributed by atoms with van der Waals surface area (Å²) < 4.78 is 1.66. The topological polar surface area (TPSA) is 65.4 Å². The van der Waals surface area contributed by atoms with E-state index >= 15 is 0 Å². The highest BCUT2D eigenvalue weighted by atomic mass is 16.2. The fourth-order valence-electron chi connectivity index (χ4n) is 3.14. The van der Waals surface area contributed by atoms with Crippen LogP contribution in [0.25, 0.3) is 0 Å². The minimum atomic E-state index is -0.191. The number of benzene rings is 1. The second kappa shape index (κ2) is 8.02. The molecule has 25 heavy (non-hydrogen) atoms. The number of aromatic nitrogens is 2. The number of hydrogen-bond donors (Lipinski definition) is 2. The quantitative estimate of drug-likeness (QED) is 0.869. The maximum absolute atomic E-state index is 12.0. The molecule has 1 aliphatic heterocycles. The van der Waals surface area contributed by atoms with Gasteiger partial charge in [-0.25, -0.2) is 4.79 Å². The number of anilines is 2. The zero-order valence-electron chi connectivity index (χ0n) is 14.9. The molecule has 1 fully saturated rings. The molecule has 0 aliphatic carbocycles. The van der Waals surface area contributed by atoms with Crippen molar-refractivity contribution in [1.82, 2.24) is 20.0 Å². The van der Waals surface area contributed by atoms with Gasteiger partial charge < -0.3 is 15.5 Å². The molecule has 1 aromatic heterocycles. The van der Waals surface area contributed by atoms with Gasteiger partial charge in [0.05, 0.1) is 11.9 Å². The third-order valence-corrected chi connectivity index (χ3v) is 4.37. The van der Waals surface area contributed by atoms with Crippen LogP contribution in [-0.4, -0.2) is 59.5 Å². The molecule has 3 rings (SSSR count). The van der Waals surface area contributed by atoms with Crippen molar-refractivity contribution >= 4 is 17.4 Å². The van der Waals surface area contributed by atoms with Crippen molar-refractivity contribution in [3.8, 4) is 0 Å². The average Bonchev–Trinajstić information content (AvgIpc) is 3.01. The summed E-state index contributed by atoms with van der Waals surface area (Å²) in [6.45, 7) is 6.92.